The van der Waals surface area contributed by atoms with E-state index in [-0.39, 0.29) is 11.9 Å². The molecule has 0 fully saturated rings. The summed E-state index contributed by atoms with van der Waals surface area (Å²) in [7, 11) is 0. The van der Waals surface area contributed by atoms with Gasteiger partial charge in [0.1, 0.15) is 6.04 Å². The maximum atomic E-state index is 12.0. The molecule has 0 saturated heterocycles. The number of anilines is 2. The molecule has 2 aromatic rings. The van der Waals surface area contributed by atoms with E-state index >= 15 is 0 Å². The van der Waals surface area contributed by atoms with Gasteiger partial charge >= 0.3 is 0 Å². The number of carbonyl (C=O) groups is 1. The zero-order chi connectivity index (χ0) is 11.7. The summed E-state index contributed by atoms with van der Waals surface area (Å²) in [5, 5.41) is 8.50. The first-order valence-electron chi connectivity index (χ1n) is 5.38. The fourth-order valence-corrected chi connectivity index (χ4v) is 2.47. The van der Waals surface area contributed by atoms with E-state index in [2.05, 4.69) is 15.6 Å². The highest BCUT2D eigenvalue weighted by Gasteiger charge is 2.26. The SMILES string of the molecule is O=C(Nc1nccs1)C1Cc2ccccc2N1. The average molecular weight is 245 g/mol. The van der Waals surface area contributed by atoms with E-state index in [0.29, 0.717) is 5.13 Å². The fourth-order valence-electron chi connectivity index (χ4n) is 1.93. The number of para-hydroxylation sites is 1. The Hall–Kier alpha value is -1.88. The van der Waals surface area contributed by atoms with Crippen molar-refractivity contribution in [3.05, 3.63) is 41.4 Å². The second-order valence-corrected chi connectivity index (χ2v) is 4.78. The molecule has 17 heavy (non-hydrogen) atoms. The molecule has 86 valence electrons. The Morgan fingerprint density at radius 1 is 1.47 bits per heavy atom. The molecule has 1 amide bonds. The predicted molar refractivity (Wildman–Crippen MR) is 68.3 cm³/mol. The first-order chi connectivity index (χ1) is 8.33. The average Bonchev–Trinajstić information content (AvgIpc) is 2.96. The van der Waals surface area contributed by atoms with Gasteiger partial charge in [-0.2, -0.15) is 0 Å². The Morgan fingerprint density at radius 3 is 3.12 bits per heavy atom. The van der Waals surface area contributed by atoms with Gasteiger partial charge in [-0.15, -0.1) is 11.3 Å². The van der Waals surface area contributed by atoms with Crippen molar-refractivity contribution in [2.75, 3.05) is 10.6 Å². The molecule has 1 aliphatic heterocycles. The Bertz CT molecular complexity index is 513. The van der Waals surface area contributed by atoms with Gasteiger partial charge in [-0.3, -0.25) is 4.79 Å². The van der Waals surface area contributed by atoms with Crippen molar-refractivity contribution in [3.8, 4) is 0 Å². The van der Waals surface area contributed by atoms with Gasteiger partial charge in [-0.1, -0.05) is 18.2 Å². The molecule has 0 saturated carbocycles. The lowest BCUT2D eigenvalue weighted by Crippen LogP contribution is -2.32. The number of amides is 1. The Labute approximate surface area is 103 Å². The summed E-state index contributed by atoms with van der Waals surface area (Å²) in [4.78, 5) is 16.0. The second kappa shape index (κ2) is 4.18. The minimum absolute atomic E-state index is 0.0313. The van der Waals surface area contributed by atoms with Crippen molar-refractivity contribution in [3.63, 3.8) is 0 Å². The lowest BCUT2D eigenvalue weighted by Gasteiger charge is -2.09. The molecule has 1 aliphatic rings. The Kier molecular flexibility index (Phi) is 2.53. The number of nitrogens with one attached hydrogen (secondary N) is 2. The van der Waals surface area contributed by atoms with Crippen molar-refractivity contribution in [1.82, 2.24) is 4.98 Å². The van der Waals surface area contributed by atoms with Crippen molar-refractivity contribution < 1.29 is 4.79 Å². The first kappa shape index (κ1) is 10.3. The Morgan fingerprint density at radius 2 is 2.35 bits per heavy atom. The maximum absolute atomic E-state index is 12.0. The summed E-state index contributed by atoms with van der Waals surface area (Å²) in [6, 6.07) is 7.79. The number of thiazole rings is 1. The normalized spacial score (nSPS) is 17.3. The van der Waals surface area contributed by atoms with E-state index in [1.807, 2.05) is 29.6 Å². The largest absolute Gasteiger partial charge is 0.373 e. The van der Waals surface area contributed by atoms with Crippen LogP contribution in [0.5, 0.6) is 0 Å². The molecule has 0 spiro atoms. The fraction of sp³-hybridized carbons (Fsp3) is 0.167. The highest BCUT2D eigenvalue weighted by Crippen LogP contribution is 2.25. The lowest BCUT2D eigenvalue weighted by atomic mass is 10.1. The molecule has 0 aliphatic carbocycles. The van der Waals surface area contributed by atoms with Gasteiger partial charge in [0.05, 0.1) is 0 Å². The summed E-state index contributed by atoms with van der Waals surface area (Å²) < 4.78 is 0. The summed E-state index contributed by atoms with van der Waals surface area (Å²) in [6.45, 7) is 0. The van der Waals surface area contributed by atoms with Crippen LogP contribution in [-0.2, 0) is 11.2 Å². The van der Waals surface area contributed by atoms with Gasteiger partial charge < -0.3 is 10.6 Å². The van der Waals surface area contributed by atoms with E-state index in [1.165, 1.54) is 16.9 Å². The number of hydrogen-bond acceptors (Lipinski definition) is 4. The highest BCUT2D eigenvalue weighted by molar-refractivity contribution is 7.13. The van der Waals surface area contributed by atoms with E-state index < -0.39 is 0 Å². The number of hydrogen-bond donors (Lipinski definition) is 2. The molecule has 1 unspecified atom stereocenters. The molecular formula is C12H11N3OS. The van der Waals surface area contributed by atoms with Crippen molar-refractivity contribution in [2.24, 2.45) is 0 Å². The van der Waals surface area contributed by atoms with E-state index in [1.54, 1.807) is 6.20 Å². The Balaban J connectivity index is 1.70. The molecule has 2 N–H and O–H groups in total. The van der Waals surface area contributed by atoms with Gasteiger partial charge in [0.15, 0.2) is 5.13 Å². The third-order valence-electron chi connectivity index (χ3n) is 2.75. The minimum atomic E-state index is -0.198. The van der Waals surface area contributed by atoms with Gasteiger partial charge in [-0.05, 0) is 11.6 Å². The number of aromatic nitrogens is 1. The summed E-state index contributed by atoms with van der Waals surface area (Å²) in [5.74, 6) is -0.0313. The maximum Gasteiger partial charge on any atom is 0.248 e. The second-order valence-electron chi connectivity index (χ2n) is 3.88. The van der Waals surface area contributed by atoms with Crippen LogP contribution in [0.2, 0.25) is 0 Å². The van der Waals surface area contributed by atoms with Gasteiger partial charge in [0.2, 0.25) is 5.91 Å². The van der Waals surface area contributed by atoms with Crippen LogP contribution >= 0.6 is 11.3 Å². The quantitative estimate of drug-likeness (QED) is 0.852. The molecule has 1 aromatic carbocycles. The number of rotatable bonds is 2. The van der Waals surface area contributed by atoms with Crippen LogP contribution in [-0.4, -0.2) is 16.9 Å². The zero-order valence-electron chi connectivity index (χ0n) is 9.01. The van der Waals surface area contributed by atoms with E-state index in [0.717, 1.165) is 12.1 Å². The summed E-state index contributed by atoms with van der Waals surface area (Å²) in [5.41, 5.74) is 2.23. The molecule has 0 radical (unpaired) electrons. The van der Waals surface area contributed by atoms with Gasteiger partial charge in [-0.25, -0.2) is 4.98 Å². The van der Waals surface area contributed by atoms with Crippen LogP contribution in [0.15, 0.2) is 35.8 Å². The molecule has 4 nitrogen and oxygen atoms in total. The van der Waals surface area contributed by atoms with Crippen LogP contribution in [0.1, 0.15) is 5.56 Å². The number of nitrogens with zero attached hydrogens (tertiary/aromatic N) is 1. The van der Waals surface area contributed by atoms with Crippen LogP contribution in [0, 0.1) is 0 Å². The molecule has 1 atom stereocenters. The summed E-state index contributed by atoms with van der Waals surface area (Å²) >= 11 is 1.42. The van der Waals surface area contributed by atoms with Crippen molar-refractivity contribution in [2.45, 2.75) is 12.5 Å². The van der Waals surface area contributed by atoms with E-state index in [9.17, 15) is 4.79 Å². The monoisotopic (exact) mass is 245 g/mol. The molecule has 3 rings (SSSR count). The van der Waals surface area contributed by atoms with Crippen LogP contribution in [0.25, 0.3) is 0 Å². The van der Waals surface area contributed by atoms with Crippen LogP contribution < -0.4 is 10.6 Å². The zero-order valence-corrected chi connectivity index (χ0v) is 9.83. The molecule has 1 aromatic heterocycles. The predicted octanol–water partition coefficient (Wildman–Crippen LogP) is 2.12. The van der Waals surface area contributed by atoms with Crippen molar-refractivity contribution >= 4 is 28.1 Å². The number of benzene rings is 1. The minimum Gasteiger partial charge on any atom is -0.373 e. The third-order valence-corrected chi connectivity index (χ3v) is 3.44. The molecule has 0 bridgehead atoms. The highest BCUT2D eigenvalue weighted by atomic mass is 32.1. The van der Waals surface area contributed by atoms with Crippen LogP contribution in [0.3, 0.4) is 0 Å². The molecular weight excluding hydrogens is 234 g/mol. The first-order valence-corrected chi connectivity index (χ1v) is 6.26. The topological polar surface area (TPSA) is 54.0 Å². The van der Waals surface area contributed by atoms with E-state index in [4.69, 9.17) is 0 Å². The standard InChI is InChI=1S/C12H11N3OS/c16-11(15-12-13-5-6-17-12)10-7-8-3-1-2-4-9(8)14-10/h1-6,10,14H,7H2,(H,13,15,16). The lowest BCUT2D eigenvalue weighted by molar-refractivity contribution is -0.116. The summed E-state index contributed by atoms with van der Waals surface area (Å²) in [6.07, 6.45) is 2.41. The molecule has 2 heterocycles. The smallest absolute Gasteiger partial charge is 0.248 e. The van der Waals surface area contributed by atoms with Gasteiger partial charge in [0.25, 0.3) is 0 Å². The molecule has 5 heteroatoms. The third kappa shape index (κ3) is 2.01. The number of carbonyl (C=O) groups excluding carboxylic acids is 1. The van der Waals surface area contributed by atoms with Crippen LogP contribution in [0.4, 0.5) is 10.8 Å². The number of fused-ring (bicyclic) bond motifs is 1. The van der Waals surface area contributed by atoms with Crippen molar-refractivity contribution in [1.29, 1.82) is 0 Å². The van der Waals surface area contributed by atoms with Gasteiger partial charge in [0, 0.05) is 23.7 Å².